The van der Waals surface area contributed by atoms with Crippen LogP contribution in [0.5, 0.6) is 5.75 Å². The van der Waals surface area contributed by atoms with Crippen LogP contribution in [0.15, 0.2) is 54.6 Å². The minimum absolute atomic E-state index is 0.170. The molecule has 2 aromatic carbocycles. The quantitative estimate of drug-likeness (QED) is 0.522. The number of aromatic nitrogens is 2. The fourth-order valence-corrected chi connectivity index (χ4v) is 5.65. The molecule has 2 amide bonds. The smallest absolute Gasteiger partial charge is 0.319 e. The number of hydrogen-bond acceptors (Lipinski definition) is 5. The van der Waals surface area contributed by atoms with E-state index in [0.717, 1.165) is 42.2 Å². The maximum atomic E-state index is 12.5. The number of nitrogens with zero attached hydrogens (tertiary/aromatic N) is 4. The Balaban J connectivity index is 1.19. The van der Waals surface area contributed by atoms with Gasteiger partial charge in [0.2, 0.25) is 0 Å². The molecule has 8 nitrogen and oxygen atoms in total. The molecule has 3 aromatic rings. The van der Waals surface area contributed by atoms with E-state index < -0.39 is 0 Å². The van der Waals surface area contributed by atoms with Crippen molar-refractivity contribution in [2.45, 2.75) is 24.8 Å². The average Bonchev–Trinajstić information content (AvgIpc) is 3.29. The van der Waals surface area contributed by atoms with Gasteiger partial charge in [-0.1, -0.05) is 12.1 Å². The lowest BCUT2D eigenvalue weighted by atomic mass is 9.74. The first-order valence-electron chi connectivity index (χ1n) is 12.7. The predicted octanol–water partition coefficient (Wildman–Crippen LogP) is 4.16. The van der Waals surface area contributed by atoms with E-state index in [-0.39, 0.29) is 6.03 Å². The van der Waals surface area contributed by atoms with Gasteiger partial charge in [0.15, 0.2) is 0 Å². The largest absolute Gasteiger partial charge is 0.497 e. The molecule has 8 heteroatoms. The second-order valence-electron chi connectivity index (χ2n) is 10.1. The van der Waals surface area contributed by atoms with Crippen molar-refractivity contribution in [2.75, 3.05) is 51.1 Å². The topological polar surface area (TPSA) is 74.7 Å². The van der Waals surface area contributed by atoms with Crippen molar-refractivity contribution in [3.63, 3.8) is 0 Å². The number of carbonyl (C=O) groups is 1. The van der Waals surface area contributed by atoms with Gasteiger partial charge >= 0.3 is 6.03 Å². The van der Waals surface area contributed by atoms with Crippen LogP contribution in [0.3, 0.4) is 0 Å². The zero-order chi connectivity index (χ0) is 25.2. The van der Waals surface area contributed by atoms with E-state index in [9.17, 15) is 4.79 Å². The zero-order valence-electron chi connectivity index (χ0n) is 21.6. The van der Waals surface area contributed by atoms with Gasteiger partial charge in [0.25, 0.3) is 0 Å². The first kappa shape index (κ1) is 24.2. The minimum atomic E-state index is -0.170. The molecule has 0 saturated carbocycles. The summed E-state index contributed by atoms with van der Waals surface area (Å²) in [6.07, 6.45) is 2.28. The Hall–Kier alpha value is -3.52. The summed E-state index contributed by atoms with van der Waals surface area (Å²) in [4.78, 5) is 17.1. The molecule has 4 heterocycles. The summed E-state index contributed by atoms with van der Waals surface area (Å²) >= 11 is 0. The maximum absolute atomic E-state index is 12.5. The van der Waals surface area contributed by atoms with Gasteiger partial charge in [-0.3, -0.25) is 9.58 Å². The molecule has 0 radical (unpaired) electrons. The number of fused-ring (bicyclic) bond motifs is 3. The van der Waals surface area contributed by atoms with E-state index in [1.54, 1.807) is 7.11 Å². The highest BCUT2D eigenvalue weighted by Gasteiger charge is 2.41. The number of urea groups is 1. The third kappa shape index (κ3) is 5.04. The number of methoxy groups -OCH3 is 1. The van der Waals surface area contributed by atoms with E-state index in [1.165, 1.54) is 17.8 Å². The van der Waals surface area contributed by atoms with Crippen molar-refractivity contribution in [3.05, 3.63) is 60.3 Å². The van der Waals surface area contributed by atoms with Gasteiger partial charge in [-0.25, -0.2) is 4.79 Å². The molecule has 6 rings (SSSR count). The van der Waals surface area contributed by atoms with Crippen LogP contribution in [0, 0.1) is 5.92 Å². The van der Waals surface area contributed by atoms with E-state index >= 15 is 0 Å². The molecule has 190 valence electrons. The van der Waals surface area contributed by atoms with Gasteiger partial charge in [0.1, 0.15) is 5.75 Å². The molecule has 2 bridgehead atoms. The Morgan fingerprint density at radius 1 is 1.14 bits per heavy atom. The summed E-state index contributed by atoms with van der Waals surface area (Å²) in [5, 5.41) is 10.8. The van der Waals surface area contributed by atoms with E-state index in [4.69, 9.17) is 9.84 Å². The number of hydrogen-bond donors (Lipinski definition) is 2. The first-order valence-corrected chi connectivity index (χ1v) is 12.7. The third-order valence-electron chi connectivity index (χ3n) is 7.70. The molecule has 3 fully saturated rings. The Kier molecular flexibility index (Phi) is 6.87. The summed E-state index contributed by atoms with van der Waals surface area (Å²) in [5.74, 6) is 1.84. The number of amides is 2. The number of aryl methyl sites for hydroxylation is 1. The Labute approximate surface area is 213 Å². The summed E-state index contributed by atoms with van der Waals surface area (Å²) < 4.78 is 7.24. The second-order valence-corrected chi connectivity index (χ2v) is 10.1. The summed E-state index contributed by atoms with van der Waals surface area (Å²) in [7, 11) is 7.80. The molecule has 1 aromatic heterocycles. The van der Waals surface area contributed by atoms with E-state index in [1.807, 2.05) is 24.3 Å². The fourth-order valence-electron chi connectivity index (χ4n) is 5.65. The van der Waals surface area contributed by atoms with Gasteiger partial charge in [-0.15, -0.1) is 0 Å². The van der Waals surface area contributed by atoms with Gasteiger partial charge in [0.05, 0.1) is 12.8 Å². The number of ether oxygens (including phenoxy) is 1. The zero-order valence-corrected chi connectivity index (χ0v) is 21.6. The van der Waals surface area contributed by atoms with Crippen molar-refractivity contribution in [3.8, 4) is 17.0 Å². The van der Waals surface area contributed by atoms with Crippen LogP contribution in [-0.4, -0.2) is 67.6 Å². The molecule has 4 atom stereocenters. The van der Waals surface area contributed by atoms with Crippen LogP contribution >= 0.6 is 0 Å². The molecule has 1 unspecified atom stereocenters. The Morgan fingerprint density at radius 3 is 2.53 bits per heavy atom. The van der Waals surface area contributed by atoms with Crippen molar-refractivity contribution < 1.29 is 9.53 Å². The molecular formula is C28H36N6O2. The lowest BCUT2D eigenvalue weighted by Gasteiger charge is -2.49. The molecule has 2 N–H and O–H groups in total. The van der Waals surface area contributed by atoms with Crippen molar-refractivity contribution in [2.24, 2.45) is 13.0 Å². The summed E-state index contributed by atoms with van der Waals surface area (Å²) in [6.45, 7) is 2.75. The molecule has 36 heavy (non-hydrogen) atoms. The normalized spacial score (nSPS) is 22.8. The SMILES string of the molecule is COc1ccc(NC(=O)NC[C@H]2C[C@@H]3CCN2C[C@@H]3c2cc(-c3ccc(N(C)C)cc3)nn2C)cc1. The highest BCUT2D eigenvalue weighted by atomic mass is 16.5. The predicted molar refractivity (Wildman–Crippen MR) is 144 cm³/mol. The molecule has 0 spiro atoms. The van der Waals surface area contributed by atoms with Crippen LogP contribution in [0.4, 0.5) is 16.2 Å². The average molecular weight is 489 g/mol. The monoisotopic (exact) mass is 488 g/mol. The van der Waals surface area contributed by atoms with E-state index in [0.29, 0.717) is 24.4 Å². The highest BCUT2D eigenvalue weighted by Crippen LogP contribution is 2.42. The van der Waals surface area contributed by atoms with Crippen molar-refractivity contribution >= 4 is 17.4 Å². The van der Waals surface area contributed by atoms with Crippen LogP contribution in [0.2, 0.25) is 0 Å². The van der Waals surface area contributed by atoms with Gasteiger partial charge in [-0.2, -0.15) is 5.10 Å². The Morgan fingerprint density at radius 2 is 1.89 bits per heavy atom. The summed E-state index contributed by atoms with van der Waals surface area (Å²) in [6, 6.07) is 18.4. The number of nitrogens with one attached hydrogen (secondary N) is 2. The van der Waals surface area contributed by atoms with Crippen LogP contribution < -0.4 is 20.3 Å². The first-order chi connectivity index (χ1) is 17.4. The lowest BCUT2D eigenvalue weighted by Crippen LogP contribution is -2.56. The van der Waals surface area contributed by atoms with Gasteiger partial charge in [0, 0.05) is 68.8 Å². The standard InChI is InChI=1S/C28H36N6O2/c1-32(2)22-9-5-19(6-10-22)26-16-27(33(3)31-26)25-18-34-14-13-20(25)15-23(34)17-29-28(35)30-21-7-11-24(36-4)12-8-21/h5-12,16,20,23,25H,13-15,17-18H2,1-4H3,(H2,29,30,35)/t20-,23+,25-/m0/s1. The number of piperidine rings is 3. The molecular weight excluding hydrogens is 452 g/mol. The number of carbonyl (C=O) groups excluding carboxylic acids is 1. The number of rotatable bonds is 7. The number of anilines is 2. The highest BCUT2D eigenvalue weighted by molar-refractivity contribution is 5.89. The van der Waals surface area contributed by atoms with Crippen LogP contribution in [-0.2, 0) is 7.05 Å². The molecule has 3 aliphatic heterocycles. The van der Waals surface area contributed by atoms with Gasteiger partial charge < -0.3 is 20.3 Å². The molecule has 3 aliphatic rings. The summed E-state index contributed by atoms with van der Waals surface area (Å²) in [5.41, 5.74) is 5.42. The van der Waals surface area contributed by atoms with Gasteiger partial charge in [-0.05, 0) is 67.8 Å². The number of benzene rings is 2. The van der Waals surface area contributed by atoms with Crippen molar-refractivity contribution in [1.29, 1.82) is 0 Å². The van der Waals surface area contributed by atoms with Crippen LogP contribution in [0.25, 0.3) is 11.3 Å². The maximum Gasteiger partial charge on any atom is 0.319 e. The van der Waals surface area contributed by atoms with E-state index in [2.05, 4.69) is 76.6 Å². The third-order valence-corrected chi connectivity index (χ3v) is 7.70. The van der Waals surface area contributed by atoms with Crippen molar-refractivity contribution in [1.82, 2.24) is 20.0 Å². The van der Waals surface area contributed by atoms with Crippen LogP contribution in [0.1, 0.15) is 24.5 Å². The lowest BCUT2D eigenvalue weighted by molar-refractivity contribution is 0.0296. The Bertz CT molecular complexity index is 1190. The second kappa shape index (κ2) is 10.2. The minimum Gasteiger partial charge on any atom is -0.497 e. The molecule has 3 saturated heterocycles. The molecule has 0 aliphatic carbocycles. The fraction of sp³-hybridized carbons (Fsp3) is 0.429.